The number of rotatable bonds is 5. The van der Waals surface area contributed by atoms with Gasteiger partial charge < -0.3 is 0 Å². The summed E-state index contributed by atoms with van der Waals surface area (Å²) >= 11 is 10.7. The largest absolute Gasteiger partial charge is 0.273 e. The van der Waals surface area contributed by atoms with Crippen LogP contribution in [-0.2, 0) is 16.1 Å². The quantitative estimate of drug-likeness (QED) is 0.201. The predicted molar refractivity (Wildman–Crippen MR) is 133 cm³/mol. The summed E-state index contributed by atoms with van der Waals surface area (Å²) in [6.45, 7) is 0.00480. The van der Waals surface area contributed by atoms with Crippen LogP contribution in [0.5, 0.6) is 0 Å². The number of fused-ring (bicyclic) bond motifs is 5. The van der Waals surface area contributed by atoms with E-state index >= 15 is 0 Å². The van der Waals surface area contributed by atoms with Crippen molar-refractivity contribution in [2.45, 2.75) is 22.6 Å². The molecule has 1 saturated heterocycles. The lowest BCUT2D eigenvalue weighted by molar-refractivity contribution is -0.384. The number of imide groups is 1. The molecule has 176 valence electrons. The highest BCUT2D eigenvalue weighted by Crippen LogP contribution is 2.60. The summed E-state index contributed by atoms with van der Waals surface area (Å²) in [6, 6.07) is 12.4. The summed E-state index contributed by atoms with van der Waals surface area (Å²) in [6.07, 6.45) is 0.787. The van der Waals surface area contributed by atoms with Gasteiger partial charge in [-0.3, -0.25) is 24.5 Å². The molecule has 2 saturated carbocycles. The Balaban J connectivity index is 1.51. The molecule has 34 heavy (non-hydrogen) atoms. The molecule has 1 heterocycles. The van der Waals surface area contributed by atoms with Crippen LogP contribution in [0.2, 0.25) is 0 Å². The Hall–Kier alpha value is -2.11. The summed E-state index contributed by atoms with van der Waals surface area (Å²) in [5.41, 5.74) is 0.734. The van der Waals surface area contributed by atoms with Crippen molar-refractivity contribution in [3.8, 4) is 0 Å². The van der Waals surface area contributed by atoms with Crippen LogP contribution in [-0.4, -0.2) is 42.3 Å². The lowest BCUT2D eigenvalue weighted by Gasteiger charge is -2.31. The number of alkyl halides is 2. The molecule has 3 fully saturated rings. The van der Waals surface area contributed by atoms with E-state index < -0.39 is 22.7 Å². The number of hydrogen-bond donors (Lipinski definition) is 0. The molecule has 2 bridgehead atoms. The number of carbonyl (C=O) groups excluding carboxylic acids is 3. The van der Waals surface area contributed by atoms with Crippen molar-refractivity contribution in [2.24, 2.45) is 23.7 Å². The summed E-state index contributed by atoms with van der Waals surface area (Å²) in [7, 11) is 0. The van der Waals surface area contributed by atoms with E-state index in [-0.39, 0.29) is 51.1 Å². The maximum absolute atomic E-state index is 13.6. The molecule has 0 unspecified atom stereocenters. The number of amides is 3. The van der Waals surface area contributed by atoms with E-state index in [1.165, 1.54) is 29.3 Å². The Kier molecular flexibility index (Phi) is 6.14. The Bertz CT molecular complexity index is 1160. The zero-order valence-electron chi connectivity index (χ0n) is 17.5. The van der Waals surface area contributed by atoms with Gasteiger partial charge in [-0.25, -0.2) is 5.01 Å². The fourth-order valence-electron chi connectivity index (χ4n) is 5.44. The molecule has 5 rings (SSSR count). The number of hydrazine groups is 1. The molecule has 3 amide bonds. The van der Waals surface area contributed by atoms with Gasteiger partial charge in [0.2, 0.25) is 0 Å². The topological polar surface area (TPSA) is 101 Å². The van der Waals surface area contributed by atoms with E-state index in [1.807, 2.05) is 12.1 Å². The van der Waals surface area contributed by atoms with Crippen LogP contribution in [0.3, 0.4) is 0 Å². The highest BCUT2D eigenvalue weighted by Gasteiger charge is 2.67. The van der Waals surface area contributed by atoms with Crippen molar-refractivity contribution < 1.29 is 19.3 Å². The van der Waals surface area contributed by atoms with E-state index in [0.29, 0.717) is 0 Å². The number of nitro groups is 1. The standard InChI is InChI=1S/C23H18Br3N3O5/c24-13-5-1-11(2-6-13)10-27(21(30)12-3-7-14(8-4-12)29(33)34)28-22(31)17-15-9-16(18(17)23(28)32)20(26)19(15)25/h1-8,15-20H,9-10H2/t15-,16-,17-,18-,19-,20+/m1/s1. The van der Waals surface area contributed by atoms with Crippen molar-refractivity contribution in [1.82, 2.24) is 10.0 Å². The zero-order chi connectivity index (χ0) is 24.3. The predicted octanol–water partition coefficient (Wildman–Crippen LogP) is 4.69. The van der Waals surface area contributed by atoms with Gasteiger partial charge in [-0.15, -0.1) is 0 Å². The average Bonchev–Trinajstić information content (AvgIpc) is 3.43. The van der Waals surface area contributed by atoms with Crippen molar-refractivity contribution in [3.63, 3.8) is 0 Å². The Labute approximate surface area is 220 Å². The second kappa shape index (κ2) is 8.83. The third kappa shape index (κ3) is 3.72. The molecule has 0 N–H and O–H groups in total. The Morgan fingerprint density at radius 2 is 1.50 bits per heavy atom. The van der Waals surface area contributed by atoms with Crippen LogP contribution in [0.15, 0.2) is 53.0 Å². The molecule has 0 aromatic heterocycles. The van der Waals surface area contributed by atoms with E-state index in [9.17, 15) is 24.5 Å². The highest BCUT2D eigenvalue weighted by molar-refractivity contribution is 9.12. The number of carbonyl (C=O) groups is 3. The number of nitro benzene ring substituents is 1. The van der Waals surface area contributed by atoms with Crippen LogP contribution < -0.4 is 0 Å². The minimum absolute atomic E-state index is 0.00480. The number of hydrogen-bond acceptors (Lipinski definition) is 5. The van der Waals surface area contributed by atoms with Gasteiger partial charge in [0.15, 0.2) is 0 Å². The molecule has 8 nitrogen and oxygen atoms in total. The van der Waals surface area contributed by atoms with Gasteiger partial charge in [-0.05, 0) is 48.1 Å². The number of benzene rings is 2. The van der Waals surface area contributed by atoms with E-state index in [0.717, 1.165) is 21.5 Å². The monoisotopic (exact) mass is 653 g/mol. The van der Waals surface area contributed by atoms with E-state index in [4.69, 9.17) is 0 Å². The molecule has 3 aliphatic rings. The average molecular weight is 656 g/mol. The minimum Gasteiger partial charge on any atom is -0.272 e. The van der Waals surface area contributed by atoms with Crippen molar-refractivity contribution in [1.29, 1.82) is 0 Å². The molecule has 0 radical (unpaired) electrons. The molecule has 2 aliphatic carbocycles. The molecule has 2 aromatic rings. The van der Waals surface area contributed by atoms with Crippen molar-refractivity contribution in [2.75, 3.05) is 0 Å². The Morgan fingerprint density at radius 3 is 2.00 bits per heavy atom. The van der Waals surface area contributed by atoms with Gasteiger partial charge in [0.1, 0.15) is 0 Å². The van der Waals surface area contributed by atoms with Gasteiger partial charge in [-0.1, -0.05) is 59.9 Å². The SMILES string of the molecule is O=C(c1ccc([N+](=O)[O-])cc1)N(Cc1ccc(Br)cc1)N1C(=O)[C@@H]2[C@H]3C[C@@H]([C@@H](Br)[C@H]3Br)[C@H]2C1=O. The first-order valence-electron chi connectivity index (χ1n) is 10.7. The maximum Gasteiger partial charge on any atom is 0.273 e. The smallest absolute Gasteiger partial charge is 0.272 e. The lowest BCUT2D eigenvalue weighted by Crippen LogP contribution is -2.50. The van der Waals surface area contributed by atoms with Gasteiger partial charge in [0, 0.05) is 31.8 Å². The summed E-state index contributed by atoms with van der Waals surface area (Å²) in [5, 5.41) is 13.2. The maximum atomic E-state index is 13.6. The van der Waals surface area contributed by atoms with Gasteiger partial charge >= 0.3 is 0 Å². The van der Waals surface area contributed by atoms with Crippen molar-refractivity contribution in [3.05, 3.63) is 74.2 Å². The first-order valence-corrected chi connectivity index (χ1v) is 13.3. The summed E-state index contributed by atoms with van der Waals surface area (Å²) in [5.74, 6) is -2.19. The second-order valence-corrected chi connectivity index (χ2v) is 11.8. The van der Waals surface area contributed by atoms with E-state index in [2.05, 4.69) is 47.8 Å². The first-order chi connectivity index (χ1) is 16.2. The second-order valence-electron chi connectivity index (χ2n) is 8.79. The third-order valence-electron chi connectivity index (χ3n) is 7.01. The Morgan fingerprint density at radius 1 is 0.971 bits per heavy atom. The highest BCUT2D eigenvalue weighted by atomic mass is 79.9. The lowest BCUT2D eigenvalue weighted by atomic mass is 9.81. The molecule has 6 atom stereocenters. The fraction of sp³-hybridized carbons (Fsp3) is 0.348. The van der Waals surface area contributed by atoms with Crippen molar-refractivity contribution >= 4 is 71.2 Å². The van der Waals surface area contributed by atoms with Gasteiger partial charge in [0.25, 0.3) is 23.4 Å². The normalized spacial score (nSPS) is 29.4. The van der Waals surface area contributed by atoms with Gasteiger partial charge in [0.05, 0.1) is 23.3 Å². The molecular weight excluding hydrogens is 638 g/mol. The van der Waals surface area contributed by atoms with E-state index in [1.54, 1.807) is 12.1 Å². The zero-order valence-corrected chi connectivity index (χ0v) is 22.3. The number of non-ortho nitro benzene ring substituents is 1. The molecular formula is C23H18Br3N3O5. The number of halogens is 3. The number of nitrogens with zero attached hydrogens (tertiary/aromatic N) is 3. The van der Waals surface area contributed by atoms with Crippen LogP contribution in [0.4, 0.5) is 5.69 Å². The van der Waals surface area contributed by atoms with Crippen LogP contribution in [0.25, 0.3) is 0 Å². The van der Waals surface area contributed by atoms with Crippen LogP contribution in [0, 0.1) is 33.8 Å². The third-order valence-corrected chi connectivity index (χ3v) is 10.7. The van der Waals surface area contributed by atoms with Gasteiger partial charge in [-0.2, -0.15) is 5.01 Å². The molecule has 1 aliphatic heterocycles. The molecule has 11 heteroatoms. The minimum atomic E-state index is -0.572. The molecule has 2 aromatic carbocycles. The van der Waals surface area contributed by atoms with Crippen LogP contribution >= 0.6 is 47.8 Å². The molecule has 0 spiro atoms. The fourth-order valence-corrected chi connectivity index (χ4v) is 7.58. The summed E-state index contributed by atoms with van der Waals surface area (Å²) in [4.78, 5) is 51.4. The first kappa shape index (κ1) is 23.6. The summed E-state index contributed by atoms with van der Waals surface area (Å²) < 4.78 is 0.857. The van der Waals surface area contributed by atoms with Crippen LogP contribution in [0.1, 0.15) is 22.3 Å².